The molecule has 0 saturated carbocycles. The Morgan fingerprint density at radius 3 is 2.96 bits per heavy atom. The number of amides is 2. The fourth-order valence-electron chi connectivity index (χ4n) is 3.25. The molecule has 1 saturated heterocycles. The second kappa shape index (κ2) is 7.03. The molecule has 27 heavy (non-hydrogen) atoms. The Hall–Kier alpha value is -2.87. The predicted octanol–water partition coefficient (Wildman–Crippen LogP) is 3.65. The number of aryl methyl sites for hydroxylation is 1. The molecule has 0 aliphatic carbocycles. The summed E-state index contributed by atoms with van der Waals surface area (Å²) in [7, 11) is 0. The van der Waals surface area contributed by atoms with E-state index in [1.54, 1.807) is 44.9 Å². The molecule has 1 atom stereocenters. The predicted molar refractivity (Wildman–Crippen MR) is 99.7 cm³/mol. The van der Waals surface area contributed by atoms with E-state index in [9.17, 15) is 9.18 Å². The number of hydrogen-bond donors (Lipinski definition) is 1. The first-order valence-electron chi connectivity index (χ1n) is 8.58. The molecule has 1 aliphatic rings. The maximum atomic E-state index is 13.5. The lowest BCUT2D eigenvalue weighted by molar-refractivity contribution is 0.220. The van der Waals surface area contributed by atoms with E-state index in [-0.39, 0.29) is 17.9 Å². The van der Waals surface area contributed by atoms with Crippen LogP contribution in [0.2, 0.25) is 5.02 Å². The molecule has 1 N–H and O–H groups in total. The van der Waals surface area contributed by atoms with Gasteiger partial charge in [-0.2, -0.15) is 5.10 Å². The molecule has 3 heterocycles. The molecule has 0 radical (unpaired) electrons. The maximum Gasteiger partial charge on any atom is 0.323 e. The van der Waals surface area contributed by atoms with Crippen LogP contribution in [0.25, 0.3) is 5.69 Å². The molecule has 140 valence electrons. The third-order valence-corrected chi connectivity index (χ3v) is 4.77. The number of nitrogens with one attached hydrogen (secondary N) is 1. The highest BCUT2D eigenvalue weighted by molar-refractivity contribution is 6.30. The quantitative estimate of drug-likeness (QED) is 0.744. The van der Waals surface area contributed by atoms with Gasteiger partial charge in [0.25, 0.3) is 0 Å². The largest absolute Gasteiger partial charge is 0.323 e. The SMILES string of the molecule is Cc1cc(NC(=O)N2CCC(n3cc(Cl)cn3)C2)nn1-c1cccc(F)c1. The lowest BCUT2D eigenvalue weighted by Crippen LogP contribution is -2.33. The molecule has 1 unspecified atom stereocenters. The highest BCUT2D eigenvalue weighted by Gasteiger charge is 2.28. The van der Waals surface area contributed by atoms with Crippen molar-refractivity contribution >= 4 is 23.4 Å². The first kappa shape index (κ1) is 17.5. The highest BCUT2D eigenvalue weighted by atomic mass is 35.5. The van der Waals surface area contributed by atoms with Crippen LogP contribution < -0.4 is 5.32 Å². The fraction of sp³-hybridized carbons (Fsp3) is 0.278. The second-order valence-corrected chi connectivity index (χ2v) is 6.96. The van der Waals surface area contributed by atoms with Crippen LogP contribution in [0.5, 0.6) is 0 Å². The molecular formula is C18H18ClFN6O. The molecular weight excluding hydrogens is 371 g/mol. The molecule has 1 aliphatic heterocycles. The van der Waals surface area contributed by atoms with Gasteiger partial charge in [-0.05, 0) is 31.5 Å². The topological polar surface area (TPSA) is 68.0 Å². The average molecular weight is 389 g/mol. The summed E-state index contributed by atoms with van der Waals surface area (Å²) in [4.78, 5) is 14.3. The van der Waals surface area contributed by atoms with Gasteiger partial charge < -0.3 is 4.90 Å². The molecule has 9 heteroatoms. The monoisotopic (exact) mass is 388 g/mol. The van der Waals surface area contributed by atoms with E-state index >= 15 is 0 Å². The van der Waals surface area contributed by atoms with Crippen LogP contribution in [0.3, 0.4) is 0 Å². The molecule has 2 amide bonds. The summed E-state index contributed by atoms with van der Waals surface area (Å²) in [5, 5.41) is 12.0. The van der Waals surface area contributed by atoms with E-state index in [0.717, 1.165) is 12.1 Å². The summed E-state index contributed by atoms with van der Waals surface area (Å²) < 4.78 is 16.8. The minimum absolute atomic E-state index is 0.106. The van der Waals surface area contributed by atoms with Gasteiger partial charge in [0.2, 0.25) is 0 Å². The van der Waals surface area contributed by atoms with Gasteiger partial charge in [0.1, 0.15) is 5.82 Å². The summed E-state index contributed by atoms with van der Waals surface area (Å²) in [6.07, 6.45) is 4.16. The van der Waals surface area contributed by atoms with Crippen molar-refractivity contribution in [1.29, 1.82) is 0 Å². The van der Waals surface area contributed by atoms with E-state index < -0.39 is 0 Å². The van der Waals surface area contributed by atoms with Crippen molar-refractivity contribution in [3.05, 3.63) is 59.3 Å². The van der Waals surface area contributed by atoms with Crippen LogP contribution in [-0.4, -0.2) is 43.6 Å². The van der Waals surface area contributed by atoms with Gasteiger partial charge >= 0.3 is 6.03 Å². The maximum absolute atomic E-state index is 13.5. The summed E-state index contributed by atoms with van der Waals surface area (Å²) in [6, 6.07) is 7.79. The molecule has 1 aromatic carbocycles. The number of anilines is 1. The average Bonchev–Trinajstić information content (AvgIpc) is 3.34. The van der Waals surface area contributed by atoms with Crippen molar-refractivity contribution in [2.75, 3.05) is 18.4 Å². The van der Waals surface area contributed by atoms with Crippen molar-refractivity contribution in [1.82, 2.24) is 24.5 Å². The van der Waals surface area contributed by atoms with Crippen molar-refractivity contribution in [2.24, 2.45) is 0 Å². The van der Waals surface area contributed by atoms with Crippen LogP contribution in [0.4, 0.5) is 15.0 Å². The number of benzene rings is 1. The van der Waals surface area contributed by atoms with E-state index in [2.05, 4.69) is 15.5 Å². The molecule has 4 rings (SSSR count). The number of aromatic nitrogens is 4. The number of likely N-dealkylation sites (tertiary alicyclic amines) is 1. The molecule has 2 aromatic heterocycles. The summed E-state index contributed by atoms with van der Waals surface area (Å²) in [6.45, 7) is 3.02. The molecule has 7 nitrogen and oxygen atoms in total. The highest BCUT2D eigenvalue weighted by Crippen LogP contribution is 2.23. The normalized spacial score (nSPS) is 16.7. The third-order valence-electron chi connectivity index (χ3n) is 4.57. The lowest BCUT2D eigenvalue weighted by Gasteiger charge is -2.16. The zero-order chi connectivity index (χ0) is 19.0. The molecule has 3 aromatic rings. The van der Waals surface area contributed by atoms with Gasteiger partial charge in [-0.15, -0.1) is 5.10 Å². The van der Waals surface area contributed by atoms with E-state index in [0.29, 0.717) is 29.6 Å². The van der Waals surface area contributed by atoms with Gasteiger partial charge in [0, 0.05) is 31.0 Å². The van der Waals surface area contributed by atoms with Crippen molar-refractivity contribution in [3.63, 3.8) is 0 Å². The fourth-order valence-corrected chi connectivity index (χ4v) is 3.39. The summed E-state index contributed by atoms with van der Waals surface area (Å²) >= 11 is 5.91. The van der Waals surface area contributed by atoms with E-state index in [1.807, 2.05) is 6.92 Å². The molecule has 0 bridgehead atoms. The summed E-state index contributed by atoms with van der Waals surface area (Å²) in [5.41, 5.74) is 1.39. The first-order valence-corrected chi connectivity index (χ1v) is 8.95. The smallest absolute Gasteiger partial charge is 0.322 e. The van der Waals surface area contributed by atoms with Crippen LogP contribution in [0.15, 0.2) is 42.7 Å². The Morgan fingerprint density at radius 1 is 1.37 bits per heavy atom. The van der Waals surface area contributed by atoms with Crippen LogP contribution in [0.1, 0.15) is 18.2 Å². The van der Waals surface area contributed by atoms with Crippen molar-refractivity contribution < 1.29 is 9.18 Å². The van der Waals surface area contributed by atoms with Gasteiger partial charge in [-0.1, -0.05) is 17.7 Å². The van der Waals surface area contributed by atoms with Gasteiger partial charge in [0.15, 0.2) is 5.82 Å². The zero-order valence-electron chi connectivity index (χ0n) is 14.6. The van der Waals surface area contributed by atoms with Crippen molar-refractivity contribution in [3.8, 4) is 5.69 Å². The number of carbonyl (C=O) groups is 1. The van der Waals surface area contributed by atoms with Crippen LogP contribution >= 0.6 is 11.6 Å². The first-order chi connectivity index (χ1) is 13.0. The Balaban J connectivity index is 1.44. The molecule has 0 spiro atoms. The standard InChI is InChI=1S/C18H18ClFN6O/c1-12-7-17(23-26(12)15-4-2-3-14(20)8-15)22-18(27)24-6-5-16(11-24)25-10-13(19)9-21-25/h2-4,7-10,16H,5-6,11H2,1H3,(H,22,23,27). The number of rotatable bonds is 3. The summed E-state index contributed by atoms with van der Waals surface area (Å²) in [5.74, 6) is 0.0853. The van der Waals surface area contributed by atoms with Crippen LogP contribution in [0, 0.1) is 12.7 Å². The number of urea groups is 1. The minimum Gasteiger partial charge on any atom is -0.322 e. The minimum atomic E-state index is -0.338. The van der Waals surface area contributed by atoms with Crippen LogP contribution in [-0.2, 0) is 0 Å². The van der Waals surface area contributed by atoms with Crippen molar-refractivity contribution in [2.45, 2.75) is 19.4 Å². The Kier molecular flexibility index (Phi) is 4.57. The Bertz CT molecular complexity index is 984. The zero-order valence-corrected chi connectivity index (χ0v) is 15.4. The Labute approximate surface area is 160 Å². The van der Waals surface area contributed by atoms with E-state index in [1.165, 1.54) is 12.1 Å². The number of nitrogens with zero attached hydrogens (tertiary/aromatic N) is 5. The van der Waals surface area contributed by atoms with Gasteiger partial charge in [0.05, 0.1) is 22.9 Å². The number of hydrogen-bond acceptors (Lipinski definition) is 3. The number of carbonyl (C=O) groups excluding carboxylic acids is 1. The lowest BCUT2D eigenvalue weighted by atomic mass is 10.3. The van der Waals surface area contributed by atoms with Gasteiger partial charge in [-0.25, -0.2) is 13.9 Å². The molecule has 1 fully saturated rings. The number of halogens is 2. The second-order valence-electron chi connectivity index (χ2n) is 6.52. The Morgan fingerprint density at radius 2 is 2.22 bits per heavy atom. The van der Waals surface area contributed by atoms with E-state index in [4.69, 9.17) is 11.6 Å². The third kappa shape index (κ3) is 3.66. The van der Waals surface area contributed by atoms with Gasteiger partial charge in [-0.3, -0.25) is 10.00 Å².